The van der Waals surface area contributed by atoms with Crippen LogP contribution in [0.3, 0.4) is 0 Å². The number of carbonyl (C=O) groups excluding carboxylic acids is 3. The van der Waals surface area contributed by atoms with Crippen molar-refractivity contribution in [2.75, 3.05) is 25.0 Å². The highest BCUT2D eigenvalue weighted by Crippen LogP contribution is 2.36. The number of amides is 3. The summed E-state index contributed by atoms with van der Waals surface area (Å²) in [7, 11) is 0. The van der Waals surface area contributed by atoms with E-state index in [1.165, 1.54) is 32.1 Å². The molecule has 2 aromatic rings. The molecule has 0 radical (unpaired) electrons. The fourth-order valence-corrected chi connectivity index (χ4v) is 6.75. The van der Waals surface area contributed by atoms with Gasteiger partial charge in [-0.05, 0) is 61.4 Å². The van der Waals surface area contributed by atoms with Gasteiger partial charge in [-0.2, -0.15) is 0 Å². The molecule has 0 bridgehead atoms. The van der Waals surface area contributed by atoms with Crippen molar-refractivity contribution in [1.29, 1.82) is 0 Å². The van der Waals surface area contributed by atoms with E-state index in [1.54, 1.807) is 0 Å². The maximum Gasteiger partial charge on any atom is 0.255 e. The summed E-state index contributed by atoms with van der Waals surface area (Å²) in [5, 5.41) is 6.12. The number of para-hydroxylation sites is 1. The predicted molar refractivity (Wildman–Crippen MR) is 158 cm³/mol. The van der Waals surface area contributed by atoms with E-state index in [1.807, 2.05) is 59.5 Å². The van der Waals surface area contributed by atoms with Crippen LogP contribution >= 0.6 is 0 Å². The standard InChI is InChI=1S/C33H44N4O3/c1-2-3-20-37-31(39)29(23-25-10-6-4-7-11-25)35-32(40)33(37)18-21-36(22-19-33)24-26-14-16-27(17-15-26)30(38)34-28-12-8-5-9-13-28/h5,8-9,12-17,25,29H,2-4,6-7,10-11,18-24H2,1H3,(H,34,38)(H,35,40). The smallest absolute Gasteiger partial charge is 0.255 e. The summed E-state index contributed by atoms with van der Waals surface area (Å²) >= 11 is 0. The van der Waals surface area contributed by atoms with Crippen LogP contribution in [-0.2, 0) is 16.1 Å². The number of piperidine rings is 1. The first-order chi connectivity index (χ1) is 19.5. The lowest BCUT2D eigenvalue weighted by atomic mass is 9.79. The van der Waals surface area contributed by atoms with Crippen LogP contribution in [0.25, 0.3) is 0 Å². The van der Waals surface area contributed by atoms with Crippen LogP contribution in [0.4, 0.5) is 5.69 Å². The fourth-order valence-electron chi connectivity index (χ4n) is 6.75. The molecule has 1 unspecified atom stereocenters. The zero-order chi connectivity index (χ0) is 28.0. The third-order valence-electron chi connectivity index (χ3n) is 9.18. The maximum atomic E-state index is 13.8. The average molecular weight is 545 g/mol. The van der Waals surface area contributed by atoms with Gasteiger partial charge in [0.1, 0.15) is 11.6 Å². The van der Waals surface area contributed by atoms with Crippen molar-refractivity contribution >= 4 is 23.4 Å². The van der Waals surface area contributed by atoms with E-state index in [0.717, 1.165) is 50.1 Å². The first-order valence-electron chi connectivity index (χ1n) is 15.3. The summed E-state index contributed by atoms with van der Waals surface area (Å²) in [5.41, 5.74) is 1.80. The van der Waals surface area contributed by atoms with E-state index in [2.05, 4.69) is 22.5 Å². The Bertz CT molecular complexity index is 1150. The summed E-state index contributed by atoms with van der Waals surface area (Å²) in [6.07, 6.45) is 10.1. The van der Waals surface area contributed by atoms with E-state index in [-0.39, 0.29) is 23.8 Å². The van der Waals surface area contributed by atoms with Crippen LogP contribution in [0.5, 0.6) is 0 Å². The zero-order valence-electron chi connectivity index (χ0n) is 23.9. The maximum absolute atomic E-state index is 13.8. The third kappa shape index (κ3) is 6.41. The molecule has 5 rings (SSSR count). The van der Waals surface area contributed by atoms with Gasteiger partial charge in [0.25, 0.3) is 5.91 Å². The zero-order valence-corrected chi connectivity index (χ0v) is 23.9. The minimum absolute atomic E-state index is 0.0532. The van der Waals surface area contributed by atoms with Crippen molar-refractivity contribution in [3.63, 3.8) is 0 Å². The highest BCUT2D eigenvalue weighted by Gasteiger charge is 2.53. The monoisotopic (exact) mass is 544 g/mol. The molecule has 40 heavy (non-hydrogen) atoms. The van der Waals surface area contributed by atoms with Crippen LogP contribution in [0.15, 0.2) is 54.6 Å². The number of likely N-dealkylation sites (tertiary alicyclic amines) is 1. The second kappa shape index (κ2) is 13.0. The normalized spacial score (nSPS) is 21.8. The van der Waals surface area contributed by atoms with Gasteiger partial charge in [0.05, 0.1) is 0 Å². The number of benzene rings is 2. The third-order valence-corrected chi connectivity index (χ3v) is 9.18. The lowest BCUT2D eigenvalue weighted by Gasteiger charge is -2.52. The van der Waals surface area contributed by atoms with Crippen molar-refractivity contribution in [3.8, 4) is 0 Å². The topological polar surface area (TPSA) is 81.8 Å². The largest absolute Gasteiger partial charge is 0.342 e. The lowest BCUT2D eigenvalue weighted by Crippen LogP contribution is -2.73. The number of nitrogens with one attached hydrogen (secondary N) is 2. The molecule has 3 aliphatic rings. The molecule has 3 fully saturated rings. The van der Waals surface area contributed by atoms with Crippen LogP contribution in [0.2, 0.25) is 0 Å². The molecule has 2 heterocycles. The highest BCUT2D eigenvalue weighted by atomic mass is 16.2. The Balaban J connectivity index is 1.19. The van der Waals surface area contributed by atoms with Gasteiger partial charge in [0.15, 0.2) is 0 Å². The van der Waals surface area contributed by atoms with E-state index in [4.69, 9.17) is 0 Å². The molecule has 2 aliphatic heterocycles. The Morgan fingerprint density at radius 2 is 1.68 bits per heavy atom. The van der Waals surface area contributed by atoms with Crippen molar-refractivity contribution in [3.05, 3.63) is 65.7 Å². The molecule has 1 saturated carbocycles. The molecule has 1 atom stereocenters. The van der Waals surface area contributed by atoms with Crippen LogP contribution < -0.4 is 10.6 Å². The van der Waals surface area contributed by atoms with E-state index in [9.17, 15) is 14.4 Å². The lowest BCUT2D eigenvalue weighted by molar-refractivity contribution is -0.162. The second-order valence-corrected chi connectivity index (χ2v) is 11.9. The minimum Gasteiger partial charge on any atom is -0.342 e. The number of unbranched alkanes of at least 4 members (excludes halogenated alkanes) is 1. The van der Waals surface area contributed by atoms with Crippen molar-refractivity contribution in [2.24, 2.45) is 5.92 Å². The van der Waals surface area contributed by atoms with Gasteiger partial charge in [-0.25, -0.2) is 0 Å². The van der Waals surface area contributed by atoms with Crippen molar-refractivity contribution < 1.29 is 14.4 Å². The Morgan fingerprint density at radius 1 is 0.975 bits per heavy atom. The van der Waals surface area contributed by atoms with Gasteiger partial charge in [-0.3, -0.25) is 19.3 Å². The molecule has 1 aliphatic carbocycles. The predicted octanol–water partition coefficient (Wildman–Crippen LogP) is 5.37. The summed E-state index contributed by atoms with van der Waals surface area (Å²) in [5.74, 6) is 0.608. The number of piperazine rings is 1. The van der Waals surface area contributed by atoms with Gasteiger partial charge in [-0.1, -0.05) is 75.8 Å². The SMILES string of the molecule is CCCCN1C(=O)C(CC2CCCCC2)NC(=O)C12CCN(Cc1ccc(C(=O)Nc3ccccc3)cc1)CC2. The van der Waals surface area contributed by atoms with Crippen LogP contribution in [0.1, 0.15) is 87.1 Å². The van der Waals surface area contributed by atoms with Gasteiger partial charge in [0, 0.05) is 37.4 Å². The van der Waals surface area contributed by atoms with Crippen LogP contribution in [0, 0.1) is 5.92 Å². The molecule has 2 aromatic carbocycles. The summed E-state index contributed by atoms with van der Waals surface area (Å²) in [6.45, 7) is 5.07. The van der Waals surface area contributed by atoms with E-state index in [0.29, 0.717) is 30.9 Å². The van der Waals surface area contributed by atoms with Crippen molar-refractivity contribution in [1.82, 2.24) is 15.1 Å². The van der Waals surface area contributed by atoms with Gasteiger partial charge in [-0.15, -0.1) is 0 Å². The summed E-state index contributed by atoms with van der Waals surface area (Å²) in [4.78, 5) is 44.4. The summed E-state index contributed by atoms with van der Waals surface area (Å²) in [6, 6.07) is 16.8. The van der Waals surface area contributed by atoms with Gasteiger partial charge < -0.3 is 15.5 Å². The number of rotatable bonds is 9. The Morgan fingerprint density at radius 3 is 2.35 bits per heavy atom. The molecule has 7 nitrogen and oxygen atoms in total. The highest BCUT2D eigenvalue weighted by molar-refractivity contribution is 6.04. The average Bonchev–Trinajstić information content (AvgIpc) is 2.98. The van der Waals surface area contributed by atoms with Gasteiger partial charge in [0.2, 0.25) is 11.8 Å². The molecule has 2 N–H and O–H groups in total. The number of hydrogen-bond acceptors (Lipinski definition) is 4. The molecular formula is C33H44N4O3. The Kier molecular flexibility index (Phi) is 9.20. The first kappa shape index (κ1) is 28.3. The van der Waals surface area contributed by atoms with Crippen molar-refractivity contribution in [2.45, 2.75) is 89.3 Å². The van der Waals surface area contributed by atoms with Gasteiger partial charge >= 0.3 is 0 Å². The fraction of sp³-hybridized carbons (Fsp3) is 0.545. The Labute approximate surface area is 238 Å². The van der Waals surface area contributed by atoms with E-state index >= 15 is 0 Å². The minimum atomic E-state index is -0.731. The Hall–Kier alpha value is -3.19. The van der Waals surface area contributed by atoms with E-state index < -0.39 is 5.54 Å². The molecular weight excluding hydrogens is 500 g/mol. The van der Waals surface area contributed by atoms with Crippen LogP contribution in [-0.4, -0.2) is 58.7 Å². The quantitative estimate of drug-likeness (QED) is 0.445. The molecule has 7 heteroatoms. The molecule has 2 saturated heterocycles. The number of anilines is 1. The summed E-state index contributed by atoms with van der Waals surface area (Å²) < 4.78 is 0. The molecule has 0 aromatic heterocycles. The number of nitrogens with zero attached hydrogens (tertiary/aromatic N) is 2. The number of carbonyl (C=O) groups is 3. The molecule has 3 amide bonds. The molecule has 214 valence electrons. The molecule has 1 spiro atoms. The number of hydrogen-bond donors (Lipinski definition) is 2. The first-order valence-corrected chi connectivity index (χ1v) is 15.3. The second-order valence-electron chi connectivity index (χ2n) is 11.9.